The number of furan rings is 1. The summed E-state index contributed by atoms with van der Waals surface area (Å²) in [7, 11) is 0. The Hall–Kier alpha value is -2.14. The van der Waals surface area contributed by atoms with Crippen molar-refractivity contribution in [3.05, 3.63) is 41.7 Å². The van der Waals surface area contributed by atoms with E-state index in [4.69, 9.17) is 9.52 Å². The van der Waals surface area contributed by atoms with Crippen LogP contribution in [0, 0.1) is 6.92 Å². The first-order valence-electron chi connectivity index (χ1n) is 5.34. The number of aromatic carboxylic acids is 1. The molecule has 0 amide bonds. The molecular formula is C13H9NO3S. The van der Waals surface area contributed by atoms with Crippen LogP contribution >= 0.6 is 11.3 Å². The summed E-state index contributed by atoms with van der Waals surface area (Å²) in [6.45, 7) is 1.87. The Balaban J connectivity index is 2.13. The highest BCUT2D eigenvalue weighted by Crippen LogP contribution is 2.31. The van der Waals surface area contributed by atoms with Crippen molar-refractivity contribution in [2.75, 3.05) is 0 Å². The van der Waals surface area contributed by atoms with Crippen LogP contribution in [0.25, 0.3) is 21.0 Å². The molecule has 0 aliphatic carbocycles. The lowest BCUT2D eigenvalue weighted by Gasteiger charge is -1.91. The van der Waals surface area contributed by atoms with E-state index in [1.165, 1.54) is 11.3 Å². The van der Waals surface area contributed by atoms with Crippen molar-refractivity contribution in [2.45, 2.75) is 6.92 Å². The van der Waals surface area contributed by atoms with Gasteiger partial charge in [-0.1, -0.05) is 0 Å². The van der Waals surface area contributed by atoms with E-state index >= 15 is 0 Å². The molecule has 3 rings (SSSR count). The minimum Gasteiger partial charge on any atom is -0.478 e. The van der Waals surface area contributed by atoms with Crippen LogP contribution in [-0.2, 0) is 0 Å². The first kappa shape index (κ1) is 11.0. The van der Waals surface area contributed by atoms with E-state index in [1.807, 2.05) is 19.1 Å². The van der Waals surface area contributed by atoms with Gasteiger partial charge < -0.3 is 9.52 Å². The van der Waals surface area contributed by atoms with E-state index in [0.29, 0.717) is 5.76 Å². The minimum absolute atomic E-state index is 0.272. The third-order valence-corrected chi connectivity index (χ3v) is 3.62. The first-order valence-corrected chi connectivity index (χ1v) is 6.16. The van der Waals surface area contributed by atoms with Gasteiger partial charge in [-0.3, -0.25) is 0 Å². The lowest BCUT2D eigenvalue weighted by molar-refractivity contribution is 0.0697. The first-order chi connectivity index (χ1) is 8.63. The van der Waals surface area contributed by atoms with Crippen molar-refractivity contribution >= 4 is 27.5 Å². The number of carboxylic acid groups (broad SMARTS) is 1. The highest BCUT2D eigenvalue weighted by atomic mass is 32.1. The van der Waals surface area contributed by atoms with Crippen molar-refractivity contribution in [2.24, 2.45) is 0 Å². The second-order valence-corrected chi connectivity index (χ2v) is 4.95. The molecule has 0 unspecified atom stereocenters. The molecule has 2 heterocycles. The number of thiazole rings is 1. The second kappa shape index (κ2) is 3.96. The second-order valence-electron chi connectivity index (χ2n) is 3.92. The van der Waals surface area contributed by atoms with Crippen LogP contribution in [-0.4, -0.2) is 16.1 Å². The Morgan fingerprint density at radius 2 is 2.17 bits per heavy atom. The smallest absolute Gasteiger partial charge is 0.335 e. The van der Waals surface area contributed by atoms with Gasteiger partial charge in [-0.15, -0.1) is 11.3 Å². The molecular weight excluding hydrogens is 250 g/mol. The van der Waals surface area contributed by atoms with Gasteiger partial charge in [0, 0.05) is 0 Å². The maximum atomic E-state index is 10.9. The summed E-state index contributed by atoms with van der Waals surface area (Å²) in [6.07, 6.45) is 0. The SMILES string of the molecule is Cc1ccc(-c2nc3ccc(C(=O)O)cc3s2)o1. The summed E-state index contributed by atoms with van der Waals surface area (Å²) in [5, 5.41) is 9.70. The Bertz CT molecular complexity index is 742. The number of aromatic nitrogens is 1. The highest BCUT2D eigenvalue weighted by molar-refractivity contribution is 7.21. The molecule has 90 valence electrons. The molecule has 1 N–H and O–H groups in total. The zero-order chi connectivity index (χ0) is 12.7. The van der Waals surface area contributed by atoms with Crippen molar-refractivity contribution in [1.82, 2.24) is 4.98 Å². The third kappa shape index (κ3) is 1.78. The molecule has 1 aromatic carbocycles. The fourth-order valence-electron chi connectivity index (χ4n) is 1.71. The molecule has 18 heavy (non-hydrogen) atoms. The number of carboxylic acids is 1. The summed E-state index contributed by atoms with van der Waals surface area (Å²) in [5.41, 5.74) is 1.06. The van der Waals surface area contributed by atoms with Gasteiger partial charge in [0.15, 0.2) is 10.8 Å². The molecule has 5 heteroatoms. The fourth-order valence-corrected chi connectivity index (χ4v) is 2.68. The van der Waals surface area contributed by atoms with Crippen LogP contribution in [0.15, 0.2) is 34.7 Å². The lowest BCUT2D eigenvalue weighted by Crippen LogP contribution is -1.94. The van der Waals surface area contributed by atoms with Crippen molar-refractivity contribution in [1.29, 1.82) is 0 Å². The Kier molecular flexibility index (Phi) is 2.41. The molecule has 0 fully saturated rings. The maximum Gasteiger partial charge on any atom is 0.335 e. The summed E-state index contributed by atoms with van der Waals surface area (Å²) in [5.74, 6) is 0.613. The number of aryl methyl sites for hydroxylation is 1. The van der Waals surface area contributed by atoms with E-state index in [9.17, 15) is 4.79 Å². The van der Waals surface area contributed by atoms with E-state index in [1.54, 1.807) is 18.2 Å². The van der Waals surface area contributed by atoms with Gasteiger partial charge in [0.1, 0.15) is 5.76 Å². The minimum atomic E-state index is -0.930. The molecule has 0 radical (unpaired) electrons. The van der Waals surface area contributed by atoms with Crippen molar-refractivity contribution in [3.8, 4) is 10.8 Å². The number of hydrogen-bond donors (Lipinski definition) is 1. The Morgan fingerprint density at radius 1 is 1.33 bits per heavy atom. The van der Waals surface area contributed by atoms with Crippen LogP contribution in [0.4, 0.5) is 0 Å². The normalized spacial score (nSPS) is 10.9. The molecule has 2 aromatic heterocycles. The molecule has 4 nitrogen and oxygen atoms in total. The van der Waals surface area contributed by atoms with Gasteiger partial charge in [0.25, 0.3) is 0 Å². The predicted octanol–water partition coefficient (Wildman–Crippen LogP) is 3.56. The number of nitrogens with zero attached hydrogens (tertiary/aromatic N) is 1. The average Bonchev–Trinajstić information content (AvgIpc) is 2.93. The van der Waals surface area contributed by atoms with E-state index in [-0.39, 0.29) is 5.56 Å². The lowest BCUT2D eigenvalue weighted by atomic mass is 10.2. The summed E-state index contributed by atoms with van der Waals surface area (Å²) in [4.78, 5) is 15.3. The molecule has 0 spiro atoms. The predicted molar refractivity (Wildman–Crippen MR) is 69.0 cm³/mol. The standard InChI is InChI=1S/C13H9NO3S/c1-7-2-5-10(17-7)12-14-9-4-3-8(13(15)16)6-11(9)18-12/h2-6H,1H3,(H,15,16). The molecule has 0 atom stereocenters. The average molecular weight is 259 g/mol. The number of benzene rings is 1. The van der Waals surface area contributed by atoms with Gasteiger partial charge in [-0.25, -0.2) is 9.78 Å². The third-order valence-electron chi connectivity index (χ3n) is 2.59. The number of rotatable bonds is 2. The molecule has 3 aromatic rings. The molecule has 0 aliphatic rings. The van der Waals surface area contributed by atoms with Gasteiger partial charge in [0.05, 0.1) is 15.8 Å². The summed E-state index contributed by atoms with van der Waals surface area (Å²) < 4.78 is 6.35. The molecule has 0 aliphatic heterocycles. The fraction of sp³-hybridized carbons (Fsp3) is 0.0769. The molecule has 0 saturated heterocycles. The highest BCUT2D eigenvalue weighted by Gasteiger charge is 2.11. The van der Waals surface area contributed by atoms with Gasteiger partial charge >= 0.3 is 5.97 Å². The summed E-state index contributed by atoms with van der Waals surface area (Å²) >= 11 is 1.43. The summed E-state index contributed by atoms with van der Waals surface area (Å²) in [6, 6.07) is 8.65. The quantitative estimate of drug-likeness (QED) is 0.764. The zero-order valence-corrected chi connectivity index (χ0v) is 10.3. The number of fused-ring (bicyclic) bond motifs is 1. The zero-order valence-electron chi connectivity index (χ0n) is 9.51. The maximum absolute atomic E-state index is 10.9. The van der Waals surface area contributed by atoms with Gasteiger partial charge in [-0.05, 0) is 37.3 Å². The van der Waals surface area contributed by atoms with Crippen LogP contribution < -0.4 is 0 Å². The van der Waals surface area contributed by atoms with Crippen LogP contribution in [0.1, 0.15) is 16.1 Å². The van der Waals surface area contributed by atoms with Gasteiger partial charge in [-0.2, -0.15) is 0 Å². The van der Waals surface area contributed by atoms with Crippen LogP contribution in [0.3, 0.4) is 0 Å². The van der Waals surface area contributed by atoms with E-state index in [0.717, 1.165) is 21.0 Å². The topological polar surface area (TPSA) is 63.3 Å². The van der Waals surface area contributed by atoms with Crippen molar-refractivity contribution < 1.29 is 14.3 Å². The number of hydrogen-bond acceptors (Lipinski definition) is 4. The Labute approximate surface area is 107 Å². The molecule has 0 saturated carbocycles. The van der Waals surface area contributed by atoms with E-state index < -0.39 is 5.97 Å². The van der Waals surface area contributed by atoms with Crippen LogP contribution in [0.5, 0.6) is 0 Å². The number of carbonyl (C=O) groups is 1. The van der Waals surface area contributed by atoms with Crippen LogP contribution in [0.2, 0.25) is 0 Å². The van der Waals surface area contributed by atoms with Crippen molar-refractivity contribution in [3.63, 3.8) is 0 Å². The van der Waals surface area contributed by atoms with E-state index in [2.05, 4.69) is 4.98 Å². The molecule has 0 bridgehead atoms. The Morgan fingerprint density at radius 3 is 2.83 bits per heavy atom. The van der Waals surface area contributed by atoms with Gasteiger partial charge in [0.2, 0.25) is 0 Å². The largest absolute Gasteiger partial charge is 0.478 e. The monoisotopic (exact) mass is 259 g/mol.